The second-order valence-corrected chi connectivity index (χ2v) is 4.07. The minimum atomic E-state index is -0.506. The first-order valence-corrected chi connectivity index (χ1v) is 5.99. The molecule has 1 N–H and O–H groups in total. The van der Waals surface area contributed by atoms with Gasteiger partial charge in [-0.05, 0) is 12.1 Å². The molecule has 0 saturated carbocycles. The maximum Gasteiger partial charge on any atom is 0.352 e. The second kappa shape index (κ2) is 6.35. The van der Waals surface area contributed by atoms with Gasteiger partial charge in [0, 0.05) is 13.1 Å². The Kier molecular flexibility index (Phi) is 4.53. The zero-order valence-corrected chi connectivity index (χ0v) is 10.6. The van der Waals surface area contributed by atoms with E-state index in [0.717, 1.165) is 6.54 Å². The molecular weight excluding hydrogens is 252 g/mol. The molecule has 0 aliphatic carbocycles. The van der Waals surface area contributed by atoms with E-state index < -0.39 is 4.92 Å². The summed E-state index contributed by atoms with van der Waals surface area (Å²) in [6.45, 7) is 2.38. The average Bonchev–Trinajstić information content (AvgIpc) is 2.45. The number of nitrogens with one attached hydrogen (secondary N) is 1. The fraction of sp³-hybridized carbons (Fsp3) is 0.500. The summed E-state index contributed by atoms with van der Waals surface area (Å²) < 4.78 is 15.9. The van der Waals surface area contributed by atoms with Crippen molar-refractivity contribution < 1.29 is 19.1 Å². The third-order valence-corrected chi connectivity index (χ3v) is 2.79. The molecule has 1 aromatic rings. The van der Waals surface area contributed by atoms with E-state index in [9.17, 15) is 10.1 Å². The average molecular weight is 268 g/mol. The van der Waals surface area contributed by atoms with E-state index in [1.54, 1.807) is 12.1 Å². The van der Waals surface area contributed by atoms with Crippen LogP contribution < -0.4 is 14.8 Å². The van der Waals surface area contributed by atoms with E-state index in [4.69, 9.17) is 14.2 Å². The molecule has 7 heteroatoms. The van der Waals surface area contributed by atoms with Crippen molar-refractivity contribution in [2.24, 2.45) is 0 Å². The van der Waals surface area contributed by atoms with Gasteiger partial charge in [-0.1, -0.05) is 6.07 Å². The van der Waals surface area contributed by atoms with Gasteiger partial charge in [0.1, 0.15) is 12.7 Å². The number of para-hydroxylation sites is 1. The summed E-state index contributed by atoms with van der Waals surface area (Å²) in [4.78, 5) is 10.5. The van der Waals surface area contributed by atoms with Crippen LogP contribution in [0.15, 0.2) is 18.2 Å². The van der Waals surface area contributed by atoms with Crippen LogP contribution in [0.5, 0.6) is 11.5 Å². The van der Waals surface area contributed by atoms with Crippen LogP contribution in [0.3, 0.4) is 0 Å². The van der Waals surface area contributed by atoms with Gasteiger partial charge in [0.05, 0.1) is 18.6 Å². The fourth-order valence-electron chi connectivity index (χ4n) is 1.87. The highest BCUT2D eigenvalue weighted by molar-refractivity contribution is 5.57. The Labute approximate surface area is 110 Å². The third-order valence-electron chi connectivity index (χ3n) is 2.79. The van der Waals surface area contributed by atoms with E-state index in [-0.39, 0.29) is 29.9 Å². The third kappa shape index (κ3) is 3.33. The molecule has 1 aromatic carbocycles. The number of hydrogen-bond acceptors (Lipinski definition) is 6. The van der Waals surface area contributed by atoms with Gasteiger partial charge in [-0.3, -0.25) is 10.1 Å². The Bertz CT molecular complexity index is 446. The number of ether oxygens (including phenoxy) is 3. The van der Waals surface area contributed by atoms with Gasteiger partial charge in [0.25, 0.3) is 0 Å². The number of benzene rings is 1. The molecule has 0 bridgehead atoms. The molecule has 1 aliphatic heterocycles. The molecule has 0 aromatic heterocycles. The molecule has 1 aliphatic rings. The smallest absolute Gasteiger partial charge is 0.352 e. The zero-order chi connectivity index (χ0) is 13.7. The van der Waals surface area contributed by atoms with Crippen LogP contribution in [-0.2, 0) is 4.74 Å². The van der Waals surface area contributed by atoms with Crippen LogP contribution in [0.4, 0.5) is 5.69 Å². The van der Waals surface area contributed by atoms with Crippen LogP contribution in [-0.4, -0.2) is 44.4 Å². The van der Waals surface area contributed by atoms with Crippen LogP contribution in [0, 0.1) is 10.1 Å². The lowest BCUT2D eigenvalue weighted by Gasteiger charge is -2.23. The van der Waals surface area contributed by atoms with Crippen molar-refractivity contribution in [1.82, 2.24) is 5.32 Å². The van der Waals surface area contributed by atoms with Crippen molar-refractivity contribution in [2.45, 2.75) is 6.10 Å². The summed E-state index contributed by atoms with van der Waals surface area (Å²) in [5.74, 6) is 0.378. The summed E-state index contributed by atoms with van der Waals surface area (Å²) in [7, 11) is 1.39. The van der Waals surface area contributed by atoms with Gasteiger partial charge in [0.2, 0.25) is 11.5 Å². The Hall–Kier alpha value is -1.86. The molecule has 0 spiro atoms. The van der Waals surface area contributed by atoms with Gasteiger partial charge in [-0.15, -0.1) is 0 Å². The maximum atomic E-state index is 11.1. The minimum Gasteiger partial charge on any atom is -0.490 e. The number of nitro benzene ring substituents is 1. The molecule has 0 radical (unpaired) electrons. The Balaban J connectivity index is 2.08. The Morgan fingerprint density at radius 3 is 2.95 bits per heavy atom. The SMILES string of the molecule is COc1cccc(OCC2CNCCO2)c1[N+](=O)[O-]. The number of rotatable bonds is 5. The predicted octanol–water partition coefficient (Wildman–Crippen LogP) is 0.971. The zero-order valence-electron chi connectivity index (χ0n) is 10.6. The number of morpholine rings is 1. The van der Waals surface area contributed by atoms with Gasteiger partial charge in [-0.25, -0.2) is 0 Å². The molecule has 1 atom stereocenters. The number of nitrogens with zero attached hydrogens (tertiary/aromatic N) is 1. The van der Waals surface area contributed by atoms with Gasteiger partial charge < -0.3 is 19.5 Å². The van der Waals surface area contributed by atoms with E-state index >= 15 is 0 Å². The monoisotopic (exact) mass is 268 g/mol. The molecule has 19 heavy (non-hydrogen) atoms. The molecule has 1 heterocycles. The maximum absolute atomic E-state index is 11.1. The molecule has 1 saturated heterocycles. The first-order valence-electron chi connectivity index (χ1n) is 5.99. The standard InChI is InChI=1S/C12H16N2O5/c1-17-10-3-2-4-11(12(10)14(15)16)19-8-9-7-13-5-6-18-9/h2-4,9,13H,5-8H2,1H3. The van der Waals surface area contributed by atoms with Gasteiger partial charge in [-0.2, -0.15) is 0 Å². The molecule has 7 nitrogen and oxygen atoms in total. The lowest BCUT2D eigenvalue weighted by Crippen LogP contribution is -2.41. The van der Waals surface area contributed by atoms with Crippen molar-refractivity contribution in [1.29, 1.82) is 0 Å². The summed E-state index contributed by atoms with van der Waals surface area (Å²) in [5, 5.41) is 14.2. The molecule has 1 unspecified atom stereocenters. The molecule has 1 fully saturated rings. The van der Waals surface area contributed by atoms with E-state index in [1.807, 2.05) is 0 Å². The minimum absolute atomic E-state index is 0.0976. The predicted molar refractivity (Wildman–Crippen MR) is 67.8 cm³/mol. The van der Waals surface area contributed by atoms with Crippen molar-refractivity contribution in [3.05, 3.63) is 28.3 Å². The quantitative estimate of drug-likeness (QED) is 0.633. The first-order chi connectivity index (χ1) is 9.22. The number of hydrogen-bond donors (Lipinski definition) is 1. The van der Waals surface area contributed by atoms with Crippen LogP contribution >= 0.6 is 0 Å². The second-order valence-electron chi connectivity index (χ2n) is 4.07. The fourth-order valence-corrected chi connectivity index (χ4v) is 1.87. The summed E-state index contributed by atoms with van der Waals surface area (Å²) >= 11 is 0. The summed E-state index contributed by atoms with van der Waals surface area (Å²) in [5.41, 5.74) is -0.159. The molecular formula is C12H16N2O5. The van der Waals surface area contributed by atoms with Gasteiger partial charge >= 0.3 is 5.69 Å². The molecule has 0 amide bonds. The lowest BCUT2D eigenvalue weighted by molar-refractivity contribution is -0.386. The lowest BCUT2D eigenvalue weighted by atomic mass is 10.2. The van der Waals surface area contributed by atoms with E-state index in [2.05, 4.69) is 5.32 Å². The first kappa shape index (κ1) is 13.6. The van der Waals surface area contributed by atoms with Crippen molar-refractivity contribution in [3.8, 4) is 11.5 Å². The largest absolute Gasteiger partial charge is 0.490 e. The summed E-state index contributed by atoms with van der Waals surface area (Å²) in [6.07, 6.45) is -0.0976. The van der Waals surface area contributed by atoms with Crippen molar-refractivity contribution in [3.63, 3.8) is 0 Å². The van der Waals surface area contributed by atoms with Crippen molar-refractivity contribution >= 4 is 5.69 Å². The van der Waals surface area contributed by atoms with Gasteiger partial charge in [0.15, 0.2) is 0 Å². The highest BCUT2D eigenvalue weighted by atomic mass is 16.6. The molecule has 2 rings (SSSR count). The van der Waals surface area contributed by atoms with Crippen LogP contribution in [0.1, 0.15) is 0 Å². The highest BCUT2D eigenvalue weighted by Gasteiger charge is 2.23. The summed E-state index contributed by atoms with van der Waals surface area (Å²) in [6, 6.07) is 4.74. The highest BCUT2D eigenvalue weighted by Crippen LogP contribution is 2.36. The van der Waals surface area contributed by atoms with Crippen molar-refractivity contribution in [2.75, 3.05) is 33.4 Å². The van der Waals surface area contributed by atoms with E-state index in [1.165, 1.54) is 13.2 Å². The number of nitro groups is 1. The Morgan fingerprint density at radius 2 is 2.32 bits per heavy atom. The topological polar surface area (TPSA) is 82.9 Å². The number of methoxy groups -OCH3 is 1. The van der Waals surface area contributed by atoms with E-state index in [0.29, 0.717) is 13.2 Å². The van der Waals surface area contributed by atoms with Crippen LogP contribution in [0.2, 0.25) is 0 Å². The Morgan fingerprint density at radius 1 is 1.53 bits per heavy atom. The van der Waals surface area contributed by atoms with Crippen LogP contribution in [0.25, 0.3) is 0 Å². The normalized spacial score (nSPS) is 18.9. The molecule has 104 valence electrons.